The van der Waals surface area contributed by atoms with Gasteiger partial charge in [-0.3, -0.25) is 14.2 Å². The second-order valence-corrected chi connectivity index (χ2v) is 26.2. The number of nitrogens with zero attached hydrogens (tertiary/aromatic N) is 1. The molecule has 528 valence electrons. The van der Waals surface area contributed by atoms with E-state index in [0.29, 0.717) is 23.9 Å². The van der Waals surface area contributed by atoms with Gasteiger partial charge in [0.05, 0.1) is 27.7 Å². The largest absolute Gasteiger partial charge is 0.756 e. The molecule has 0 spiro atoms. The van der Waals surface area contributed by atoms with Crippen molar-refractivity contribution < 1.29 is 42.1 Å². The van der Waals surface area contributed by atoms with Gasteiger partial charge in [0, 0.05) is 12.8 Å². The van der Waals surface area contributed by atoms with Crippen LogP contribution in [0.4, 0.5) is 0 Å². The SMILES string of the molecule is CC/C=C\C/C=C\C/C=C\C/C=C\C/C=C\C/C=C\C/C=C\C/C=C\C/C=C\CCCCCCCCCCCCCCCC(=O)OC(COC(=O)CCCCCC/C=C\C/C=C\C/C=C\C/C=C\C/C=C\C/C=C\C/C=C\C/C=C\CC)COP(=O)([O-])OCC[N+](C)(C)C. The average Bonchev–Trinajstić information content (AvgIpc) is 1.57. The van der Waals surface area contributed by atoms with Crippen molar-refractivity contribution >= 4 is 19.8 Å². The Labute approximate surface area is 576 Å². The number of likely N-dealkylation sites (N-methyl/N-ethyl adjacent to an activating group) is 1. The summed E-state index contributed by atoms with van der Waals surface area (Å²) < 4.78 is 34.3. The molecule has 0 bridgehead atoms. The molecule has 0 aliphatic heterocycles. The van der Waals surface area contributed by atoms with Crippen LogP contribution in [0.1, 0.15) is 258 Å². The van der Waals surface area contributed by atoms with Crippen molar-refractivity contribution in [1.29, 1.82) is 0 Å². The average molecular weight is 1320 g/mol. The Balaban J connectivity index is 4.13. The van der Waals surface area contributed by atoms with Crippen LogP contribution in [0.15, 0.2) is 207 Å². The first-order valence-electron chi connectivity index (χ1n) is 36.8. The maximum atomic E-state index is 12.9. The third-order valence-corrected chi connectivity index (χ3v) is 15.8. The lowest BCUT2D eigenvalue weighted by molar-refractivity contribution is -0.870. The van der Waals surface area contributed by atoms with Gasteiger partial charge in [-0.15, -0.1) is 0 Å². The number of carbonyl (C=O) groups excluding carboxylic acids is 2. The van der Waals surface area contributed by atoms with Crippen LogP contribution in [-0.2, 0) is 32.7 Å². The van der Waals surface area contributed by atoms with Crippen LogP contribution >= 0.6 is 7.82 Å². The van der Waals surface area contributed by atoms with Crippen molar-refractivity contribution in [2.45, 2.75) is 264 Å². The quantitative estimate of drug-likeness (QED) is 0.0195. The monoisotopic (exact) mass is 1320 g/mol. The predicted molar refractivity (Wildman–Crippen MR) is 405 cm³/mol. The maximum Gasteiger partial charge on any atom is 0.306 e. The van der Waals surface area contributed by atoms with Crippen LogP contribution in [0.5, 0.6) is 0 Å². The molecule has 0 aliphatic carbocycles. The number of esters is 2. The van der Waals surface area contributed by atoms with Gasteiger partial charge >= 0.3 is 11.9 Å². The van der Waals surface area contributed by atoms with E-state index in [-0.39, 0.29) is 26.1 Å². The van der Waals surface area contributed by atoms with E-state index in [1.165, 1.54) is 64.2 Å². The minimum atomic E-state index is -4.67. The molecule has 0 N–H and O–H groups in total. The number of ether oxygens (including phenoxy) is 2. The highest BCUT2D eigenvalue weighted by atomic mass is 31.2. The van der Waals surface area contributed by atoms with Crippen LogP contribution in [0, 0.1) is 0 Å². The third-order valence-electron chi connectivity index (χ3n) is 14.8. The fraction of sp³-hybridized carbons (Fsp3) is 0.571. The Hall–Kier alpha value is -5.41. The van der Waals surface area contributed by atoms with E-state index < -0.39 is 32.5 Å². The fourth-order valence-corrected chi connectivity index (χ4v) is 9.98. The van der Waals surface area contributed by atoms with Crippen molar-refractivity contribution in [2.24, 2.45) is 0 Å². The Morgan fingerprint density at radius 2 is 0.574 bits per heavy atom. The molecular weight excluding hydrogens is 1180 g/mol. The lowest BCUT2D eigenvalue weighted by Crippen LogP contribution is -2.37. The number of phosphoric acid groups is 1. The molecule has 0 aliphatic rings. The number of hydrogen-bond acceptors (Lipinski definition) is 8. The Kier molecular flexibility index (Phi) is 67.7. The second-order valence-electron chi connectivity index (χ2n) is 24.8. The lowest BCUT2D eigenvalue weighted by atomic mass is 10.0. The van der Waals surface area contributed by atoms with Crippen molar-refractivity contribution in [3.63, 3.8) is 0 Å². The van der Waals surface area contributed by atoms with E-state index in [9.17, 15) is 19.0 Å². The number of rotatable bonds is 65. The summed E-state index contributed by atoms with van der Waals surface area (Å²) in [6.45, 7) is 3.96. The van der Waals surface area contributed by atoms with Crippen LogP contribution in [0.3, 0.4) is 0 Å². The number of carbonyl (C=O) groups is 2. The Bertz CT molecular complexity index is 2340. The van der Waals surface area contributed by atoms with Gasteiger partial charge in [-0.2, -0.15) is 0 Å². The topological polar surface area (TPSA) is 111 Å². The highest BCUT2D eigenvalue weighted by molar-refractivity contribution is 7.45. The molecule has 0 saturated carbocycles. The predicted octanol–water partition coefficient (Wildman–Crippen LogP) is 24.0. The molecule has 10 heteroatoms. The summed E-state index contributed by atoms with van der Waals surface area (Å²) in [6, 6.07) is 0. The Morgan fingerprint density at radius 3 is 0.851 bits per heavy atom. The number of allylic oxidation sites excluding steroid dienone is 34. The van der Waals surface area contributed by atoms with Gasteiger partial charge in [0.25, 0.3) is 7.82 Å². The van der Waals surface area contributed by atoms with Gasteiger partial charge < -0.3 is 27.9 Å². The molecule has 94 heavy (non-hydrogen) atoms. The lowest BCUT2D eigenvalue weighted by Gasteiger charge is -2.28. The molecule has 0 heterocycles. The number of unbranched alkanes of at least 4 members (excludes halogenated alkanes) is 17. The molecular formula is C84H134NO8P. The number of hydrogen-bond donors (Lipinski definition) is 0. The van der Waals surface area contributed by atoms with E-state index in [1.807, 2.05) is 21.1 Å². The minimum absolute atomic E-state index is 0.0460. The van der Waals surface area contributed by atoms with E-state index in [1.54, 1.807) is 0 Å². The summed E-state index contributed by atoms with van der Waals surface area (Å²) in [6.07, 6.45) is 113. The van der Waals surface area contributed by atoms with E-state index in [2.05, 4.69) is 220 Å². The van der Waals surface area contributed by atoms with Gasteiger partial charge in [-0.1, -0.05) is 304 Å². The number of phosphoric ester groups is 1. The van der Waals surface area contributed by atoms with Gasteiger partial charge in [-0.05, 0) is 148 Å². The molecule has 0 aromatic carbocycles. The smallest absolute Gasteiger partial charge is 0.306 e. The molecule has 0 amide bonds. The molecule has 2 atom stereocenters. The zero-order valence-corrected chi connectivity index (χ0v) is 61.0. The van der Waals surface area contributed by atoms with Crippen molar-refractivity contribution in [1.82, 2.24) is 0 Å². The third kappa shape index (κ3) is 75.6. The first-order chi connectivity index (χ1) is 46.0. The highest BCUT2D eigenvalue weighted by Gasteiger charge is 2.22. The van der Waals surface area contributed by atoms with Crippen LogP contribution in [0.25, 0.3) is 0 Å². The highest BCUT2D eigenvalue weighted by Crippen LogP contribution is 2.38. The minimum Gasteiger partial charge on any atom is -0.756 e. The van der Waals surface area contributed by atoms with Crippen molar-refractivity contribution in [3.05, 3.63) is 207 Å². The van der Waals surface area contributed by atoms with Crippen LogP contribution < -0.4 is 4.89 Å². The normalized spacial score (nSPS) is 14.3. The molecule has 0 aromatic heterocycles. The van der Waals surface area contributed by atoms with E-state index in [4.69, 9.17) is 18.5 Å². The summed E-state index contributed by atoms with van der Waals surface area (Å²) in [5.74, 6) is -0.876. The van der Waals surface area contributed by atoms with Crippen molar-refractivity contribution in [2.75, 3.05) is 47.5 Å². The maximum absolute atomic E-state index is 12.9. The Morgan fingerprint density at radius 1 is 0.330 bits per heavy atom. The summed E-state index contributed by atoms with van der Waals surface area (Å²) in [7, 11) is 1.12. The van der Waals surface area contributed by atoms with Crippen LogP contribution in [0.2, 0.25) is 0 Å². The van der Waals surface area contributed by atoms with Crippen LogP contribution in [-0.4, -0.2) is 70.0 Å². The van der Waals surface area contributed by atoms with E-state index >= 15 is 0 Å². The molecule has 0 aromatic rings. The molecule has 2 unspecified atom stereocenters. The molecule has 0 saturated heterocycles. The fourth-order valence-electron chi connectivity index (χ4n) is 9.25. The standard InChI is InChI=1S/C84H134NO8P/c1-6-8-10-12-14-16-18-20-22-24-26-28-30-32-34-36-37-38-39-40-41-42-43-44-45-46-47-49-51-53-55-57-59-61-63-65-67-69-71-73-75-77-84(87)93-82(81-92-94(88,89)91-79-78-85(3,4)5)80-90-83(86)76-74-72-70-68-66-64-62-60-58-56-54-52-50-48-35-33-31-29-27-25-23-21-19-17-15-13-11-9-7-2/h8-11,14-17,20-23,26-29,32-35,37-38,40-41,43-44,46-47,50,52,56,58,62,64,82H,6-7,12-13,18-19,24-25,30-31,36,39,42,45,48-49,51,53-55,57,59-61,63,65-81H2,1-5H3/b10-8-,11-9-,16-14-,17-15-,22-20-,23-21-,28-26-,29-27-,34-32-,35-33-,38-37-,41-40-,44-43-,47-46-,52-50-,58-56-,64-62-. The zero-order valence-electron chi connectivity index (χ0n) is 60.1. The first-order valence-corrected chi connectivity index (χ1v) is 38.3. The molecule has 9 nitrogen and oxygen atoms in total. The first kappa shape index (κ1) is 88.6. The summed E-state index contributed by atoms with van der Waals surface area (Å²) in [5, 5.41) is 0. The molecule has 0 radical (unpaired) electrons. The van der Waals surface area contributed by atoms with Crippen molar-refractivity contribution in [3.8, 4) is 0 Å². The van der Waals surface area contributed by atoms with Gasteiger partial charge in [-0.25, -0.2) is 0 Å². The summed E-state index contributed by atoms with van der Waals surface area (Å²) in [5.41, 5.74) is 0. The number of quaternary nitrogens is 1. The summed E-state index contributed by atoms with van der Waals surface area (Å²) in [4.78, 5) is 38.1. The molecule has 0 fully saturated rings. The van der Waals surface area contributed by atoms with E-state index in [0.717, 1.165) is 154 Å². The zero-order chi connectivity index (χ0) is 68.3. The molecule has 0 rings (SSSR count). The van der Waals surface area contributed by atoms with Gasteiger partial charge in [0.15, 0.2) is 6.10 Å². The summed E-state index contributed by atoms with van der Waals surface area (Å²) >= 11 is 0. The second kappa shape index (κ2) is 71.9. The van der Waals surface area contributed by atoms with Gasteiger partial charge in [0.2, 0.25) is 0 Å². The van der Waals surface area contributed by atoms with Gasteiger partial charge in [0.1, 0.15) is 19.8 Å².